The van der Waals surface area contributed by atoms with Gasteiger partial charge in [0, 0.05) is 12.2 Å². The van der Waals surface area contributed by atoms with Gasteiger partial charge in [-0.05, 0) is 31.9 Å². The van der Waals surface area contributed by atoms with Gasteiger partial charge in [-0.15, -0.1) is 0 Å². The maximum atomic E-state index is 10.7. The number of pyridine rings is 1. The molecule has 0 aliphatic rings. The second-order valence-corrected chi connectivity index (χ2v) is 5.50. The number of aromatic nitrogens is 3. The number of hydrogen-bond donors (Lipinski definition) is 1. The second-order valence-electron chi connectivity index (χ2n) is 4.56. The Bertz CT molecular complexity index is 609. The summed E-state index contributed by atoms with van der Waals surface area (Å²) in [6, 6.07) is 2.22. The number of carbonyl (C=O) groups is 1. The molecule has 0 bridgehead atoms. The van der Waals surface area contributed by atoms with Crippen molar-refractivity contribution >= 4 is 28.9 Å². The number of carboxylic acid groups (broad SMARTS) is 1. The molecule has 19 heavy (non-hydrogen) atoms. The van der Waals surface area contributed by atoms with Gasteiger partial charge in [-0.2, -0.15) is 0 Å². The molecule has 0 aliphatic carbocycles. The Kier molecular flexibility index (Phi) is 4.09. The van der Waals surface area contributed by atoms with Crippen LogP contribution in [0.4, 0.5) is 0 Å². The van der Waals surface area contributed by atoms with Crippen LogP contribution in [0.1, 0.15) is 31.9 Å². The highest BCUT2D eigenvalue weighted by atomic mass is 32.2. The molecular weight excluding hydrogens is 262 g/mol. The third-order valence-corrected chi connectivity index (χ3v) is 3.93. The summed E-state index contributed by atoms with van der Waals surface area (Å²) in [6.45, 7) is 6.16. The quantitative estimate of drug-likeness (QED) is 0.852. The Morgan fingerprint density at radius 3 is 2.95 bits per heavy atom. The fourth-order valence-electron chi connectivity index (χ4n) is 1.87. The topological polar surface area (TPSA) is 68.0 Å². The van der Waals surface area contributed by atoms with E-state index in [1.54, 1.807) is 0 Å². The number of carboxylic acids is 1. The molecule has 0 radical (unpaired) electrons. The smallest absolute Gasteiger partial charge is 0.313 e. The largest absolute Gasteiger partial charge is 0.481 e. The summed E-state index contributed by atoms with van der Waals surface area (Å²) >= 11 is 1.24. The number of rotatable bonds is 5. The van der Waals surface area contributed by atoms with Gasteiger partial charge in [0.1, 0.15) is 5.52 Å². The number of aliphatic carboxylic acids is 1. The van der Waals surface area contributed by atoms with Crippen LogP contribution in [-0.4, -0.2) is 31.4 Å². The summed E-state index contributed by atoms with van der Waals surface area (Å²) in [7, 11) is 0. The number of nitrogens with zero attached hydrogens (tertiary/aromatic N) is 3. The van der Waals surface area contributed by atoms with E-state index in [1.807, 2.05) is 23.8 Å². The second kappa shape index (κ2) is 5.61. The first-order valence-electron chi connectivity index (χ1n) is 6.22. The van der Waals surface area contributed by atoms with Gasteiger partial charge in [0.15, 0.2) is 10.8 Å². The molecule has 2 aromatic heterocycles. The molecule has 2 aromatic rings. The minimum absolute atomic E-state index is 0.0126. The van der Waals surface area contributed by atoms with E-state index in [2.05, 4.69) is 23.8 Å². The van der Waals surface area contributed by atoms with E-state index in [4.69, 9.17) is 5.11 Å². The van der Waals surface area contributed by atoms with E-state index in [0.29, 0.717) is 0 Å². The lowest BCUT2D eigenvalue weighted by Crippen LogP contribution is -2.07. The summed E-state index contributed by atoms with van der Waals surface area (Å²) < 4.78 is 2.03. The average molecular weight is 279 g/mol. The molecule has 1 unspecified atom stereocenters. The zero-order chi connectivity index (χ0) is 14.0. The first-order chi connectivity index (χ1) is 9.02. The summed E-state index contributed by atoms with van der Waals surface area (Å²) in [5, 5.41) is 9.53. The Morgan fingerprint density at radius 2 is 2.32 bits per heavy atom. The maximum absolute atomic E-state index is 10.7. The van der Waals surface area contributed by atoms with Crippen LogP contribution in [0.15, 0.2) is 17.4 Å². The summed E-state index contributed by atoms with van der Waals surface area (Å²) in [4.78, 5) is 19.7. The van der Waals surface area contributed by atoms with Crippen LogP contribution in [-0.2, 0) is 4.79 Å². The van der Waals surface area contributed by atoms with Gasteiger partial charge in [-0.1, -0.05) is 18.7 Å². The first kappa shape index (κ1) is 13.9. The van der Waals surface area contributed by atoms with Crippen LogP contribution in [0.25, 0.3) is 11.2 Å². The summed E-state index contributed by atoms with van der Waals surface area (Å²) in [6.07, 6.45) is 2.76. The molecule has 5 nitrogen and oxygen atoms in total. The normalized spacial score (nSPS) is 12.8. The predicted octanol–water partition coefficient (Wildman–Crippen LogP) is 2.89. The lowest BCUT2D eigenvalue weighted by atomic mass is 10.2. The van der Waals surface area contributed by atoms with Crippen LogP contribution >= 0.6 is 11.8 Å². The molecule has 1 N–H and O–H groups in total. The van der Waals surface area contributed by atoms with Crippen LogP contribution in [0.3, 0.4) is 0 Å². The Morgan fingerprint density at radius 1 is 1.58 bits per heavy atom. The van der Waals surface area contributed by atoms with Gasteiger partial charge in [-0.3, -0.25) is 4.79 Å². The van der Waals surface area contributed by atoms with Crippen molar-refractivity contribution in [2.75, 3.05) is 5.75 Å². The van der Waals surface area contributed by atoms with E-state index in [9.17, 15) is 4.79 Å². The van der Waals surface area contributed by atoms with Crippen molar-refractivity contribution in [2.45, 2.75) is 38.4 Å². The number of aryl methyl sites for hydroxylation is 1. The third kappa shape index (κ3) is 2.89. The summed E-state index contributed by atoms with van der Waals surface area (Å²) in [5.41, 5.74) is 2.71. The van der Waals surface area contributed by atoms with Gasteiger partial charge in [0.05, 0.1) is 5.75 Å². The molecule has 102 valence electrons. The minimum Gasteiger partial charge on any atom is -0.481 e. The van der Waals surface area contributed by atoms with Crippen molar-refractivity contribution < 1.29 is 9.90 Å². The zero-order valence-electron chi connectivity index (χ0n) is 11.3. The SMILES string of the molecule is CCC(C)n1c(SCC(=O)O)nc2cc(C)cnc21. The molecule has 0 fully saturated rings. The zero-order valence-corrected chi connectivity index (χ0v) is 12.1. The van der Waals surface area contributed by atoms with Crippen molar-refractivity contribution in [3.8, 4) is 0 Å². The Hall–Kier alpha value is -1.56. The molecule has 0 saturated carbocycles. The van der Waals surface area contributed by atoms with Crippen molar-refractivity contribution in [1.29, 1.82) is 0 Å². The minimum atomic E-state index is -0.836. The molecule has 0 aromatic carbocycles. The predicted molar refractivity (Wildman–Crippen MR) is 75.6 cm³/mol. The number of fused-ring (bicyclic) bond motifs is 1. The monoisotopic (exact) mass is 279 g/mol. The van der Waals surface area contributed by atoms with Gasteiger partial charge >= 0.3 is 5.97 Å². The van der Waals surface area contributed by atoms with Crippen molar-refractivity contribution in [3.63, 3.8) is 0 Å². The van der Waals surface area contributed by atoms with Gasteiger partial charge in [0.2, 0.25) is 0 Å². The molecule has 1 atom stereocenters. The van der Waals surface area contributed by atoms with Crippen molar-refractivity contribution in [3.05, 3.63) is 17.8 Å². The molecule has 0 amide bonds. The lowest BCUT2D eigenvalue weighted by Gasteiger charge is -2.14. The highest BCUT2D eigenvalue weighted by Crippen LogP contribution is 2.28. The lowest BCUT2D eigenvalue weighted by molar-refractivity contribution is -0.133. The van der Waals surface area contributed by atoms with Gasteiger partial charge in [0.25, 0.3) is 0 Å². The highest BCUT2D eigenvalue weighted by molar-refractivity contribution is 7.99. The first-order valence-corrected chi connectivity index (χ1v) is 7.20. The molecular formula is C13H17N3O2S. The van der Waals surface area contributed by atoms with Crippen LogP contribution in [0.5, 0.6) is 0 Å². The fraction of sp³-hybridized carbons (Fsp3) is 0.462. The van der Waals surface area contributed by atoms with E-state index in [0.717, 1.165) is 28.3 Å². The van der Waals surface area contributed by atoms with Crippen molar-refractivity contribution in [2.24, 2.45) is 0 Å². The molecule has 2 heterocycles. The number of hydrogen-bond acceptors (Lipinski definition) is 4. The van der Waals surface area contributed by atoms with E-state index in [-0.39, 0.29) is 11.8 Å². The number of thioether (sulfide) groups is 1. The highest BCUT2D eigenvalue weighted by Gasteiger charge is 2.17. The van der Waals surface area contributed by atoms with Crippen LogP contribution < -0.4 is 0 Å². The van der Waals surface area contributed by atoms with Gasteiger partial charge in [-0.25, -0.2) is 9.97 Å². The molecule has 0 aliphatic heterocycles. The van der Waals surface area contributed by atoms with E-state index < -0.39 is 5.97 Å². The molecule has 0 saturated heterocycles. The number of imidazole rings is 1. The Balaban J connectivity index is 2.50. The molecule has 6 heteroatoms. The van der Waals surface area contributed by atoms with E-state index in [1.165, 1.54) is 11.8 Å². The average Bonchev–Trinajstić information content (AvgIpc) is 2.72. The van der Waals surface area contributed by atoms with Crippen molar-refractivity contribution in [1.82, 2.24) is 14.5 Å². The van der Waals surface area contributed by atoms with Gasteiger partial charge < -0.3 is 9.67 Å². The molecule has 0 spiro atoms. The molecule has 2 rings (SSSR count). The standard InChI is InChI=1S/C13H17N3O2S/c1-4-9(3)16-12-10(5-8(2)6-14-12)15-13(16)19-7-11(17)18/h5-6,9H,4,7H2,1-3H3,(H,17,18). The van der Waals surface area contributed by atoms with Crippen LogP contribution in [0.2, 0.25) is 0 Å². The summed E-state index contributed by atoms with van der Waals surface area (Å²) in [5.74, 6) is -0.824. The van der Waals surface area contributed by atoms with E-state index >= 15 is 0 Å². The third-order valence-electron chi connectivity index (χ3n) is 2.99. The fourth-order valence-corrected chi connectivity index (χ4v) is 2.69. The van der Waals surface area contributed by atoms with Crippen LogP contribution in [0, 0.1) is 6.92 Å². The Labute approximate surface area is 116 Å². The maximum Gasteiger partial charge on any atom is 0.313 e.